The van der Waals surface area contributed by atoms with Gasteiger partial charge >= 0.3 is 12.2 Å². The molecular weight excluding hydrogens is 332 g/mol. The number of nitrogens with one attached hydrogen (secondary N) is 1. The first-order valence-corrected chi connectivity index (χ1v) is 8.49. The number of nitrogens with zero attached hydrogens (tertiary/aromatic N) is 1. The number of likely N-dealkylation sites (tertiary alicyclic amines) is 1. The molecule has 1 aromatic rings. The molecule has 1 spiro atoms. The van der Waals surface area contributed by atoms with Crippen LogP contribution in [-0.2, 0) is 9.47 Å². The van der Waals surface area contributed by atoms with Gasteiger partial charge in [0, 0.05) is 37.5 Å². The summed E-state index contributed by atoms with van der Waals surface area (Å²) in [6.07, 6.45) is 0.613. The number of amides is 2. The third-order valence-corrected chi connectivity index (χ3v) is 4.97. The normalized spacial score (nSPS) is 20.4. The highest BCUT2D eigenvalue weighted by atomic mass is 35.5. The van der Waals surface area contributed by atoms with Crippen LogP contribution in [0.15, 0.2) is 24.3 Å². The number of piperidine rings is 1. The molecule has 0 saturated carbocycles. The number of hydrogen-bond donors (Lipinski definition) is 1. The van der Waals surface area contributed by atoms with Crippen molar-refractivity contribution in [3.05, 3.63) is 34.9 Å². The Morgan fingerprint density at radius 2 is 2.00 bits per heavy atom. The lowest BCUT2D eigenvalue weighted by Crippen LogP contribution is -2.51. The number of carbonyl (C=O) groups excluding carboxylic acids is 2. The van der Waals surface area contributed by atoms with E-state index in [4.69, 9.17) is 21.1 Å². The number of benzene rings is 1. The Balaban J connectivity index is 1.46. The molecule has 2 aliphatic rings. The summed E-state index contributed by atoms with van der Waals surface area (Å²) in [6.45, 7) is 4.01. The molecule has 0 aromatic heterocycles. The van der Waals surface area contributed by atoms with E-state index in [0.29, 0.717) is 37.5 Å². The van der Waals surface area contributed by atoms with Crippen LogP contribution in [0.4, 0.5) is 9.59 Å². The molecule has 1 atom stereocenters. The van der Waals surface area contributed by atoms with Gasteiger partial charge in [-0.15, -0.1) is 0 Å². The molecule has 0 unspecified atom stereocenters. The Morgan fingerprint density at radius 3 is 2.58 bits per heavy atom. The van der Waals surface area contributed by atoms with Gasteiger partial charge in [-0.05, 0) is 23.6 Å². The third-order valence-electron chi connectivity index (χ3n) is 4.71. The van der Waals surface area contributed by atoms with Crippen molar-refractivity contribution in [2.24, 2.45) is 0 Å². The Morgan fingerprint density at radius 1 is 1.33 bits per heavy atom. The molecule has 130 valence electrons. The van der Waals surface area contributed by atoms with Crippen molar-refractivity contribution in [1.29, 1.82) is 0 Å². The fourth-order valence-electron chi connectivity index (χ4n) is 3.05. The predicted octanol–water partition coefficient (Wildman–Crippen LogP) is 3.15. The number of carbonyl (C=O) groups is 2. The van der Waals surface area contributed by atoms with Crippen molar-refractivity contribution < 1.29 is 19.1 Å². The van der Waals surface area contributed by atoms with Crippen LogP contribution >= 0.6 is 11.6 Å². The summed E-state index contributed by atoms with van der Waals surface area (Å²) in [5.74, 6) is 0.200. The summed E-state index contributed by atoms with van der Waals surface area (Å²) in [5, 5.41) is 3.67. The van der Waals surface area contributed by atoms with E-state index < -0.39 is 11.8 Å². The van der Waals surface area contributed by atoms with Crippen LogP contribution in [-0.4, -0.2) is 48.9 Å². The minimum absolute atomic E-state index is 0.0871. The lowest BCUT2D eigenvalue weighted by Gasteiger charge is -2.36. The van der Waals surface area contributed by atoms with Crippen LogP contribution in [0, 0.1) is 0 Å². The fourth-order valence-corrected chi connectivity index (χ4v) is 3.18. The second-order valence-electron chi connectivity index (χ2n) is 6.45. The highest BCUT2D eigenvalue weighted by Gasteiger charge is 2.45. The average Bonchev–Trinajstić information content (AvgIpc) is 2.94. The smallest absolute Gasteiger partial charge is 0.430 e. The molecule has 3 rings (SSSR count). The lowest BCUT2D eigenvalue weighted by atomic mass is 9.92. The van der Waals surface area contributed by atoms with Gasteiger partial charge in [0.1, 0.15) is 6.61 Å². The molecule has 1 aromatic carbocycles. The van der Waals surface area contributed by atoms with Crippen molar-refractivity contribution in [3.8, 4) is 0 Å². The minimum Gasteiger partial charge on any atom is -0.430 e. The molecule has 2 amide bonds. The first kappa shape index (κ1) is 16.9. The molecule has 2 fully saturated rings. The SMILES string of the molecule is C[C@H](CNC(=O)N1CCC2(CC1)COC(=O)O2)c1ccc(Cl)cc1. The van der Waals surface area contributed by atoms with E-state index in [9.17, 15) is 9.59 Å². The van der Waals surface area contributed by atoms with Gasteiger partial charge in [0.15, 0.2) is 5.60 Å². The van der Waals surface area contributed by atoms with Crippen LogP contribution in [0.5, 0.6) is 0 Å². The molecule has 24 heavy (non-hydrogen) atoms. The first-order valence-electron chi connectivity index (χ1n) is 8.11. The van der Waals surface area contributed by atoms with Crippen molar-refractivity contribution in [3.63, 3.8) is 0 Å². The topological polar surface area (TPSA) is 67.9 Å². The number of rotatable bonds is 3. The Labute approximate surface area is 146 Å². The van der Waals surface area contributed by atoms with E-state index in [2.05, 4.69) is 12.2 Å². The first-order chi connectivity index (χ1) is 11.5. The average molecular weight is 353 g/mol. The van der Waals surface area contributed by atoms with Crippen molar-refractivity contribution in [1.82, 2.24) is 10.2 Å². The quantitative estimate of drug-likeness (QED) is 0.848. The largest absolute Gasteiger partial charge is 0.509 e. The fraction of sp³-hybridized carbons (Fsp3) is 0.529. The number of cyclic esters (lactones) is 1. The van der Waals surface area contributed by atoms with Crippen LogP contribution < -0.4 is 5.32 Å². The molecular formula is C17H21ClN2O4. The molecule has 2 aliphatic heterocycles. The predicted molar refractivity (Wildman–Crippen MR) is 89.2 cm³/mol. The molecule has 0 aliphatic carbocycles. The van der Waals surface area contributed by atoms with Crippen LogP contribution in [0.1, 0.15) is 31.2 Å². The number of halogens is 1. The van der Waals surface area contributed by atoms with Crippen molar-refractivity contribution >= 4 is 23.8 Å². The summed E-state index contributed by atoms with van der Waals surface area (Å²) in [6, 6.07) is 7.56. The lowest BCUT2D eigenvalue weighted by molar-refractivity contribution is 0.00936. The second kappa shape index (κ2) is 6.89. The van der Waals surface area contributed by atoms with E-state index in [0.717, 1.165) is 5.56 Å². The zero-order valence-corrected chi connectivity index (χ0v) is 14.3. The standard InChI is InChI=1S/C17H21ClN2O4/c1-12(13-2-4-14(18)5-3-13)10-19-15(21)20-8-6-17(7-9-20)11-23-16(22)24-17/h2-5,12H,6-11H2,1H3,(H,19,21)/t12-/m1/s1. The zero-order chi connectivity index (χ0) is 17.2. The molecule has 2 saturated heterocycles. The highest BCUT2D eigenvalue weighted by molar-refractivity contribution is 6.30. The van der Waals surface area contributed by atoms with Gasteiger partial charge in [0.2, 0.25) is 0 Å². The van der Waals surface area contributed by atoms with Gasteiger partial charge in [0.25, 0.3) is 0 Å². The third kappa shape index (κ3) is 3.75. The molecule has 0 bridgehead atoms. The van der Waals surface area contributed by atoms with E-state index >= 15 is 0 Å². The maximum absolute atomic E-state index is 12.3. The molecule has 7 heteroatoms. The van der Waals surface area contributed by atoms with Gasteiger partial charge < -0.3 is 19.7 Å². The summed E-state index contributed by atoms with van der Waals surface area (Å²) >= 11 is 5.89. The maximum Gasteiger partial charge on any atom is 0.509 e. The minimum atomic E-state index is -0.607. The van der Waals surface area contributed by atoms with E-state index in [1.54, 1.807) is 4.90 Å². The number of ether oxygens (including phenoxy) is 2. The molecule has 2 heterocycles. The summed E-state index contributed by atoms with van der Waals surface area (Å²) in [5.41, 5.74) is 0.595. The van der Waals surface area contributed by atoms with E-state index in [1.165, 1.54) is 0 Å². The van der Waals surface area contributed by atoms with Gasteiger partial charge in [-0.2, -0.15) is 0 Å². The second-order valence-corrected chi connectivity index (χ2v) is 6.89. The maximum atomic E-state index is 12.3. The monoisotopic (exact) mass is 352 g/mol. The number of urea groups is 1. The van der Waals surface area contributed by atoms with E-state index in [-0.39, 0.29) is 18.6 Å². The van der Waals surface area contributed by atoms with Crippen molar-refractivity contribution in [2.45, 2.75) is 31.3 Å². The summed E-state index contributed by atoms with van der Waals surface area (Å²) in [7, 11) is 0. The summed E-state index contributed by atoms with van der Waals surface area (Å²) in [4.78, 5) is 25.2. The number of hydrogen-bond acceptors (Lipinski definition) is 4. The molecule has 6 nitrogen and oxygen atoms in total. The van der Waals surface area contributed by atoms with Crippen LogP contribution in [0.25, 0.3) is 0 Å². The Kier molecular flexibility index (Phi) is 4.85. The van der Waals surface area contributed by atoms with Gasteiger partial charge in [-0.25, -0.2) is 9.59 Å². The van der Waals surface area contributed by atoms with Crippen LogP contribution in [0.2, 0.25) is 5.02 Å². The molecule has 1 N–H and O–H groups in total. The van der Waals surface area contributed by atoms with Gasteiger partial charge in [0.05, 0.1) is 0 Å². The Bertz CT molecular complexity index is 612. The highest BCUT2D eigenvalue weighted by Crippen LogP contribution is 2.31. The Hall–Kier alpha value is -1.95. The van der Waals surface area contributed by atoms with Crippen LogP contribution in [0.3, 0.4) is 0 Å². The summed E-state index contributed by atoms with van der Waals surface area (Å²) < 4.78 is 10.1. The van der Waals surface area contributed by atoms with Gasteiger partial charge in [-0.1, -0.05) is 30.7 Å². The van der Waals surface area contributed by atoms with Crippen molar-refractivity contribution in [2.75, 3.05) is 26.2 Å². The zero-order valence-electron chi connectivity index (χ0n) is 13.6. The van der Waals surface area contributed by atoms with E-state index in [1.807, 2.05) is 24.3 Å². The van der Waals surface area contributed by atoms with Gasteiger partial charge in [-0.3, -0.25) is 0 Å². The molecule has 0 radical (unpaired) electrons.